The smallest absolute Gasteiger partial charge is 0.320 e. The first-order valence-electron chi connectivity index (χ1n) is 7.44. The first kappa shape index (κ1) is 19.5. The van der Waals surface area contributed by atoms with Crippen LogP contribution in [0.5, 0.6) is 5.75 Å². The molecular weight excluding hydrogens is 368 g/mol. The van der Waals surface area contributed by atoms with Gasteiger partial charge in [0.2, 0.25) is 15.9 Å². The van der Waals surface area contributed by atoms with E-state index in [1.807, 2.05) is 0 Å². The summed E-state index contributed by atoms with van der Waals surface area (Å²) >= 11 is 1.37. The fourth-order valence-corrected chi connectivity index (χ4v) is 5.22. The molecule has 138 valence electrons. The zero-order chi connectivity index (χ0) is 18.6. The Bertz CT molecular complexity index is 765. The number of rotatable bonds is 5. The van der Waals surface area contributed by atoms with E-state index in [0.717, 1.165) is 0 Å². The molecule has 8 nitrogen and oxygen atoms in total. The van der Waals surface area contributed by atoms with E-state index in [-0.39, 0.29) is 23.0 Å². The second-order valence-corrected chi connectivity index (χ2v) is 8.54. The van der Waals surface area contributed by atoms with Crippen LogP contribution in [0.25, 0.3) is 0 Å². The minimum absolute atomic E-state index is 0.0209. The summed E-state index contributed by atoms with van der Waals surface area (Å²) < 4.78 is 36.9. The zero-order valence-electron chi connectivity index (χ0n) is 14.1. The monoisotopic (exact) mass is 388 g/mol. The average molecular weight is 388 g/mol. The van der Waals surface area contributed by atoms with Gasteiger partial charge in [0.05, 0.1) is 24.8 Å². The second-order valence-electron chi connectivity index (χ2n) is 5.29. The molecule has 0 bridgehead atoms. The highest BCUT2D eigenvalue weighted by Gasteiger charge is 2.34. The van der Waals surface area contributed by atoms with Gasteiger partial charge in [-0.3, -0.25) is 9.59 Å². The number of nitrogens with zero attached hydrogens (tertiary/aromatic N) is 1. The predicted molar refractivity (Wildman–Crippen MR) is 94.3 cm³/mol. The molecule has 1 N–H and O–H groups in total. The standard InChI is InChI=1S/C15H20N2O6S2/c1-10(18)16-12-8-11(4-5-13(12)22-2)25(20,21)17-6-7-24-14(9-17)15(19)23-3/h4-5,8,14H,6-7,9H2,1-3H3,(H,16,18)/t14-/m1/s1. The van der Waals surface area contributed by atoms with Crippen LogP contribution in [0.2, 0.25) is 0 Å². The van der Waals surface area contributed by atoms with E-state index in [2.05, 4.69) is 5.32 Å². The van der Waals surface area contributed by atoms with Gasteiger partial charge in [-0.25, -0.2) is 8.42 Å². The van der Waals surface area contributed by atoms with Crippen molar-refractivity contribution in [3.63, 3.8) is 0 Å². The number of carbonyl (C=O) groups excluding carboxylic acids is 2. The Morgan fingerprint density at radius 3 is 2.64 bits per heavy atom. The van der Waals surface area contributed by atoms with E-state index >= 15 is 0 Å². The molecule has 1 heterocycles. The summed E-state index contributed by atoms with van der Waals surface area (Å²) in [6.07, 6.45) is 0. The Morgan fingerprint density at radius 2 is 2.04 bits per heavy atom. The molecule has 1 amide bonds. The Hall–Kier alpha value is -1.78. The second kappa shape index (κ2) is 8.07. The van der Waals surface area contributed by atoms with Crippen LogP contribution in [-0.2, 0) is 24.3 Å². The number of methoxy groups -OCH3 is 2. The van der Waals surface area contributed by atoms with Crippen molar-refractivity contribution in [3.05, 3.63) is 18.2 Å². The number of esters is 1. The molecule has 0 spiro atoms. The predicted octanol–water partition coefficient (Wildman–Crippen LogP) is 0.933. The molecule has 0 aromatic heterocycles. The van der Waals surface area contributed by atoms with Crippen molar-refractivity contribution in [3.8, 4) is 5.75 Å². The Kier molecular flexibility index (Phi) is 6.31. The van der Waals surface area contributed by atoms with Crippen molar-refractivity contribution >= 4 is 39.3 Å². The normalized spacial score (nSPS) is 18.4. The molecule has 1 atom stereocenters. The number of benzene rings is 1. The lowest BCUT2D eigenvalue weighted by molar-refractivity contribution is -0.140. The molecule has 0 unspecified atom stereocenters. The maximum atomic E-state index is 12.9. The van der Waals surface area contributed by atoms with Crippen LogP contribution in [0.1, 0.15) is 6.92 Å². The van der Waals surface area contributed by atoms with Crippen LogP contribution >= 0.6 is 11.8 Å². The van der Waals surface area contributed by atoms with Gasteiger partial charge in [0, 0.05) is 25.8 Å². The van der Waals surface area contributed by atoms with Crippen LogP contribution in [0.4, 0.5) is 5.69 Å². The van der Waals surface area contributed by atoms with Gasteiger partial charge in [0.1, 0.15) is 11.0 Å². The molecular formula is C15H20N2O6S2. The van der Waals surface area contributed by atoms with Gasteiger partial charge >= 0.3 is 5.97 Å². The third kappa shape index (κ3) is 4.44. The quantitative estimate of drug-likeness (QED) is 0.749. The summed E-state index contributed by atoms with van der Waals surface area (Å²) in [5, 5.41) is 2.00. The topological polar surface area (TPSA) is 102 Å². The van der Waals surface area contributed by atoms with Gasteiger partial charge in [-0.15, -0.1) is 11.8 Å². The van der Waals surface area contributed by atoms with Gasteiger partial charge in [0.25, 0.3) is 0 Å². The maximum absolute atomic E-state index is 12.9. The van der Waals surface area contributed by atoms with Crippen molar-refractivity contribution in [2.75, 3.05) is 38.4 Å². The third-order valence-electron chi connectivity index (χ3n) is 3.61. The molecule has 1 aliphatic heterocycles. The van der Waals surface area contributed by atoms with Gasteiger partial charge < -0.3 is 14.8 Å². The number of sulfonamides is 1. The molecule has 2 rings (SSSR count). The number of carbonyl (C=O) groups is 2. The number of hydrogen-bond donors (Lipinski definition) is 1. The van der Waals surface area contributed by atoms with Crippen molar-refractivity contribution in [1.82, 2.24) is 4.31 Å². The lowest BCUT2D eigenvalue weighted by Gasteiger charge is -2.30. The van der Waals surface area contributed by atoms with Gasteiger partial charge in [-0.05, 0) is 18.2 Å². The van der Waals surface area contributed by atoms with Gasteiger partial charge in [0.15, 0.2) is 0 Å². The fraction of sp³-hybridized carbons (Fsp3) is 0.467. The summed E-state index contributed by atoms with van der Waals surface area (Å²) in [7, 11) is -1.11. The van der Waals surface area contributed by atoms with Crippen LogP contribution in [0.15, 0.2) is 23.1 Å². The molecule has 10 heteroatoms. The molecule has 1 fully saturated rings. The van der Waals surface area contributed by atoms with E-state index in [1.165, 1.54) is 55.4 Å². The molecule has 1 aromatic carbocycles. The number of thioether (sulfide) groups is 1. The fourth-order valence-electron chi connectivity index (χ4n) is 2.40. The van der Waals surface area contributed by atoms with E-state index in [4.69, 9.17) is 9.47 Å². The Labute approximate surface area is 150 Å². The number of ether oxygens (including phenoxy) is 2. The Balaban J connectivity index is 2.32. The Morgan fingerprint density at radius 1 is 1.32 bits per heavy atom. The highest BCUT2D eigenvalue weighted by Crippen LogP contribution is 2.31. The highest BCUT2D eigenvalue weighted by molar-refractivity contribution is 8.00. The molecule has 1 aliphatic rings. The van der Waals surface area contributed by atoms with E-state index in [0.29, 0.717) is 18.0 Å². The highest BCUT2D eigenvalue weighted by atomic mass is 32.2. The van der Waals surface area contributed by atoms with Gasteiger partial charge in [-0.1, -0.05) is 0 Å². The lowest BCUT2D eigenvalue weighted by Crippen LogP contribution is -2.44. The summed E-state index contributed by atoms with van der Waals surface area (Å²) in [6.45, 7) is 1.66. The molecule has 0 saturated carbocycles. The third-order valence-corrected chi connectivity index (χ3v) is 6.64. The van der Waals surface area contributed by atoms with Crippen molar-refractivity contribution in [2.45, 2.75) is 17.1 Å². The molecule has 0 aliphatic carbocycles. The van der Waals surface area contributed by atoms with Crippen LogP contribution < -0.4 is 10.1 Å². The number of anilines is 1. The molecule has 1 saturated heterocycles. The van der Waals surface area contributed by atoms with Crippen LogP contribution in [-0.4, -0.2) is 62.9 Å². The van der Waals surface area contributed by atoms with Crippen molar-refractivity contribution < 1.29 is 27.5 Å². The van der Waals surface area contributed by atoms with Crippen LogP contribution in [0.3, 0.4) is 0 Å². The van der Waals surface area contributed by atoms with Crippen molar-refractivity contribution in [2.24, 2.45) is 0 Å². The maximum Gasteiger partial charge on any atom is 0.320 e. The minimum atomic E-state index is -3.81. The van der Waals surface area contributed by atoms with Crippen LogP contribution in [0, 0.1) is 0 Å². The number of hydrogen-bond acceptors (Lipinski definition) is 7. The first-order valence-corrected chi connectivity index (χ1v) is 9.93. The lowest BCUT2D eigenvalue weighted by atomic mass is 10.3. The minimum Gasteiger partial charge on any atom is -0.495 e. The summed E-state index contributed by atoms with van der Waals surface area (Å²) in [6, 6.07) is 4.24. The number of nitrogens with one attached hydrogen (secondary N) is 1. The van der Waals surface area contributed by atoms with Crippen molar-refractivity contribution in [1.29, 1.82) is 0 Å². The number of amides is 1. The van der Waals surface area contributed by atoms with E-state index in [9.17, 15) is 18.0 Å². The molecule has 25 heavy (non-hydrogen) atoms. The molecule has 1 aromatic rings. The summed E-state index contributed by atoms with van der Waals surface area (Å²) in [5.41, 5.74) is 0.270. The molecule has 0 radical (unpaired) electrons. The van der Waals surface area contributed by atoms with E-state index in [1.54, 1.807) is 0 Å². The summed E-state index contributed by atoms with van der Waals surface area (Å²) in [4.78, 5) is 23.0. The first-order chi connectivity index (χ1) is 11.8. The van der Waals surface area contributed by atoms with Gasteiger partial charge in [-0.2, -0.15) is 4.31 Å². The summed E-state index contributed by atoms with van der Waals surface area (Å²) in [5.74, 6) is 0.0654. The average Bonchev–Trinajstić information content (AvgIpc) is 2.60. The largest absolute Gasteiger partial charge is 0.495 e. The SMILES string of the molecule is COC(=O)[C@H]1CN(S(=O)(=O)c2ccc(OC)c(NC(C)=O)c2)CCS1. The van der Waals surface area contributed by atoms with E-state index < -0.39 is 21.2 Å². The zero-order valence-corrected chi connectivity index (χ0v) is 15.8.